The smallest absolute Gasteiger partial charge is 0.340 e. The first-order valence-electron chi connectivity index (χ1n) is 38.3. The van der Waals surface area contributed by atoms with Crippen molar-refractivity contribution in [1.29, 1.82) is 0 Å². The number of rotatable bonds is 17. The van der Waals surface area contributed by atoms with Gasteiger partial charge in [0.25, 0.3) is 17.7 Å². The van der Waals surface area contributed by atoms with Crippen molar-refractivity contribution in [2.75, 3.05) is 21.7 Å². The largest absolute Gasteiger partial charge is 0.507 e. The normalized spacial score (nSPS) is 10.9. The van der Waals surface area contributed by atoms with Crippen molar-refractivity contribution in [3.05, 3.63) is 349 Å². The van der Waals surface area contributed by atoms with E-state index in [1.807, 2.05) is 194 Å². The van der Waals surface area contributed by atoms with E-state index in [4.69, 9.17) is 19.9 Å². The number of nitrogens with zero attached hydrogens (tertiary/aromatic N) is 6. The number of anilines is 4. The minimum Gasteiger partial charge on any atom is -0.507 e. The van der Waals surface area contributed by atoms with E-state index >= 15 is 0 Å². The number of hydrogen-bond donors (Lipinski definition) is 7. The summed E-state index contributed by atoms with van der Waals surface area (Å²) in [6, 6.07) is 78.8. The number of phenols is 2. The van der Waals surface area contributed by atoms with Crippen LogP contribution in [0.3, 0.4) is 0 Å². The highest BCUT2D eigenvalue weighted by atomic mass is 16.6. The molecule has 3 amide bonds. The molecule has 608 valence electrons. The molecule has 0 saturated carbocycles. The van der Waals surface area contributed by atoms with Gasteiger partial charge in [0.15, 0.2) is 17.5 Å². The fraction of sp³-hybridized carbons (Fsp3) is 0.133. The number of hydrogen-bond acceptors (Lipinski definition) is 19. The number of aromatic nitrogens is 6. The summed E-state index contributed by atoms with van der Waals surface area (Å²) in [5.41, 5.74) is 16.5. The van der Waals surface area contributed by atoms with Crippen molar-refractivity contribution in [2.45, 2.75) is 86.0 Å². The van der Waals surface area contributed by atoms with Crippen LogP contribution in [0.4, 0.5) is 22.7 Å². The maximum Gasteiger partial charge on any atom is 0.340 e. The molecule has 23 heteroatoms. The molecule has 0 aliphatic heterocycles. The van der Waals surface area contributed by atoms with Crippen LogP contribution in [0.2, 0.25) is 0 Å². The monoisotopic (exact) mass is 1610 g/mol. The molecule has 3 aromatic heterocycles. The van der Waals surface area contributed by atoms with E-state index in [0.29, 0.717) is 51.1 Å². The van der Waals surface area contributed by atoms with Crippen molar-refractivity contribution in [3.8, 4) is 90.2 Å². The van der Waals surface area contributed by atoms with E-state index in [2.05, 4.69) is 45.9 Å². The first-order chi connectivity index (χ1) is 57.8. The minimum atomic E-state index is -1.18. The summed E-state index contributed by atoms with van der Waals surface area (Å²) in [5, 5.41) is 38.5. The standard InChI is InChI=1S/C29H27N3O3.C28H25N3O4.C24H17N3O4.C17H19NO2/c1-19-11-12-22(26-30-15-8-16-31-26)17-24(19)27(33)32-25-18-21(20-9-6-5-7-10-20)13-14-23(25)28(34)35-29(2,3)4;1-28(2,3)35-27(34)21-12-10-19(18-8-5-4-6-9-18)17-23(21)31-26(33)22-16-20(11-13-24(22)32)25-29-14-7-15-30-25;28-21-10-8-17(22-25-11-4-12-26-22)13-19(21)23(29)27-20-14-16(7-9-18(20)24(30)31)15-5-2-1-3-6-15;1-17(2,3)20-16(19)14-10-9-13(11-15(14)18)12-7-5-4-6-8-12/h5-18H,1-4H3,(H,32,33);4-17,32H,1-3H3,(H,31,33);1-14,28H,(H,27,29)(H,30,31);4-11H,18H2,1-3H3. The van der Waals surface area contributed by atoms with Crippen molar-refractivity contribution in [1.82, 2.24) is 29.9 Å². The maximum atomic E-state index is 13.4. The summed E-state index contributed by atoms with van der Waals surface area (Å²) in [7, 11) is 0. The number of aromatic hydroxyl groups is 2. The molecule has 0 saturated heterocycles. The summed E-state index contributed by atoms with van der Waals surface area (Å²) >= 11 is 0. The van der Waals surface area contributed by atoms with E-state index in [1.54, 1.807) is 149 Å². The Hall–Kier alpha value is -15.7. The van der Waals surface area contributed by atoms with Gasteiger partial charge in [0.05, 0.1) is 50.4 Å². The molecule has 8 N–H and O–H groups in total. The van der Waals surface area contributed by atoms with Crippen LogP contribution < -0.4 is 21.7 Å². The van der Waals surface area contributed by atoms with Crippen molar-refractivity contribution >= 4 is 64.3 Å². The molecule has 0 aliphatic rings. The number of nitrogens with two attached hydrogens (primary N) is 1. The highest BCUT2D eigenvalue weighted by Crippen LogP contribution is 2.35. The Labute approximate surface area is 700 Å². The second-order valence-electron chi connectivity index (χ2n) is 30.4. The third-order valence-electron chi connectivity index (χ3n) is 17.8. The van der Waals surface area contributed by atoms with Crippen LogP contribution in [0.15, 0.2) is 304 Å². The van der Waals surface area contributed by atoms with Gasteiger partial charge in [-0.2, -0.15) is 0 Å². The fourth-order valence-corrected chi connectivity index (χ4v) is 12.1. The fourth-order valence-electron chi connectivity index (χ4n) is 12.1. The molecule has 0 unspecified atom stereocenters. The van der Waals surface area contributed by atoms with Crippen molar-refractivity contribution < 1.29 is 63.1 Å². The molecule has 23 nitrogen and oxygen atoms in total. The molecule has 14 rings (SSSR count). The number of carboxylic acid groups (broad SMARTS) is 1. The SMILES string of the molecule is CC(C)(C)OC(=O)c1ccc(-c2ccccc2)cc1N.CC(C)(C)OC(=O)c1ccc(-c2ccccc2)cc1NC(=O)c1cc(-c2ncccn2)ccc1O.Cc1ccc(-c2ncccn2)cc1C(=O)Nc1cc(-c2ccccc2)ccc1C(=O)OC(C)(C)C.O=C(Nc1cc(-c2ccccc2)ccc1C(=O)O)c1cc(-c2ncccn2)ccc1O. The highest BCUT2D eigenvalue weighted by molar-refractivity contribution is 6.12. The molecular weight excluding hydrogens is 1530 g/mol. The maximum absolute atomic E-state index is 13.4. The number of carbonyl (C=O) groups excluding carboxylic acids is 6. The van der Waals surface area contributed by atoms with E-state index in [-0.39, 0.29) is 56.6 Å². The lowest BCUT2D eigenvalue weighted by Gasteiger charge is -2.21. The lowest BCUT2D eigenvalue weighted by molar-refractivity contribution is 0.00580. The number of ether oxygens (including phenoxy) is 3. The Kier molecular flexibility index (Phi) is 27.7. The topological polar surface area (TPSA) is 347 Å². The second kappa shape index (κ2) is 38.9. The Morgan fingerprint density at radius 3 is 0.868 bits per heavy atom. The molecule has 0 spiro atoms. The van der Waals surface area contributed by atoms with Crippen LogP contribution in [-0.2, 0) is 14.2 Å². The predicted octanol–water partition coefficient (Wildman–Crippen LogP) is 20.4. The zero-order valence-electron chi connectivity index (χ0n) is 68.1. The van der Waals surface area contributed by atoms with Crippen LogP contribution in [-0.4, -0.2) is 104 Å². The summed E-state index contributed by atoms with van der Waals surface area (Å²) in [6.45, 7) is 18.1. The molecule has 14 aromatic rings. The van der Waals surface area contributed by atoms with Gasteiger partial charge in [-0.25, -0.2) is 49.1 Å². The van der Waals surface area contributed by atoms with Crippen LogP contribution in [0.25, 0.3) is 78.7 Å². The first kappa shape index (κ1) is 86.2. The highest BCUT2D eigenvalue weighted by Gasteiger charge is 2.27. The Morgan fingerprint density at radius 1 is 0.289 bits per heavy atom. The summed E-state index contributed by atoms with van der Waals surface area (Å²) in [6.07, 6.45) is 9.65. The third kappa shape index (κ3) is 23.8. The lowest BCUT2D eigenvalue weighted by Crippen LogP contribution is -2.25. The molecule has 3 heterocycles. The predicted molar refractivity (Wildman–Crippen MR) is 469 cm³/mol. The summed E-state index contributed by atoms with van der Waals surface area (Å²) < 4.78 is 16.5. The van der Waals surface area contributed by atoms with Crippen LogP contribution in [0, 0.1) is 6.92 Å². The molecule has 0 bridgehead atoms. The third-order valence-corrected chi connectivity index (χ3v) is 17.8. The van der Waals surface area contributed by atoms with Crippen LogP contribution in [0.1, 0.15) is 140 Å². The Morgan fingerprint density at radius 2 is 0.554 bits per heavy atom. The van der Waals surface area contributed by atoms with Crippen LogP contribution in [0.5, 0.6) is 11.5 Å². The van der Waals surface area contributed by atoms with Gasteiger partial charge >= 0.3 is 23.9 Å². The number of phenolic OH excluding ortho intramolecular Hbond substituents is 2. The lowest BCUT2D eigenvalue weighted by atomic mass is 10.0. The number of esters is 3. The van der Waals surface area contributed by atoms with Gasteiger partial charge in [0, 0.05) is 65.1 Å². The summed E-state index contributed by atoms with van der Waals surface area (Å²) in [4.78, 5) is 114. The number of amides is 3. The number of nitrogens with one attached hydrogen (secondary N) is 3. The molecule has 121 heavy (non-hydrogen) atoms. The molecule has 0 radical (unpaired) electrons. The molecular formula is C98H88N10O13. The summed E-state index contributed by atoms with van der Waals surface area (Å²) in [5.74, 6) is -3.32. The second-order valence-corrected chi connectivity index (χ2v) is 30.4. The van der Waals surface area contributed by atoms with Crippen molar-refractivity contribution in [2.24, 2.45) is 0 Å². The van der Waals surface area contributed by atoms with Crippen molar-refractivity contribution in [3.63, 3.8) is 0 Å². The number of benzene rings is 11. The Balaban J connectivity index is 0.000000160. The van der Waals surface area contributed by atoms with Gasteiger partial charge in [-0.05, 0) is 229 Å². The van der Waals surface area contributed by atoms with E-state index in [1.165, 1.54) is 30.3 Å². The van der Waals surface area contributed by atoms with Gasteiger partial charge in [-0.1, -0.05) is 158 Å². The number of aryl methyl sites for hydroxylation is 1. The molecule has 0 fully saturated rings. The molecule has 0 atom stereocenters. The number of carboxylic acids is 1. The molecule has 11 aromatic carbocycles. The first-order valence-corrected chi connectivity index (χ1v) is 38.3. The van der Waals surface area contributed by atoms with Gasteiger partial charge < -0.3 is 51.2 Å². The van der Waals surface area contributed by atoms with E-state index in [0.717, 1.165) is 55.6 Å². The molecule has 0 aliphatic carbocycles. The number of carbonyl (C=O) groups is 7. The van der Waals surface area contributed by atoms with E-state index in [9.17, 15) is 48.9 Å². The number of nitrogen functional groups attached to an aromatic ring is 1. The van der Waals surface area contributed by atoms with E-state index < -0.39 is 52.5 Å². The zero-order chi connectivity index (χ0) is 86.5. The van der Waals surface area contributed by atoms with Gasteiger partial charge in [-0.15, -0.1) is 0 Å². The van der Waals surface area contributed by atoms with Gasteiger partial charge in [0.1, 0.15) is 28.3 Å². The van der Waals surface area contributed by atoms with Crippen LogP contribution >= 0.6 is 0 Å². The van der Waals surface area contributed by atoms with Gasteiger partial charge in [-0.3, -0.25) is 14.4 Å². The number of aromatic carboxylic acids is 1. The quantitative estimate of drug-likeness (QED) is 0.0253. The zero-order valence-corrected chi connectivity index (χ0v) is 68.1. The Bertz CT molecular complexity index is 5830. The van der Waals surface area contributed by atoms with Gasteiger partial charge in [0.2, 0.25) is 0 Å². The minimum absolute atomic E-state index is 0.0218. The average Bonchev–Trinajstić information content (AvgIpc) is 0.807. The average molecular weight is 1610 g/mol.